The van der Waals surface area contributed by atoms with Crippen molar-refractivity contribution in [1.29, 1.82) is 0 Å². The Hall–Kier alpha value is -2.09. The molecule has 5 nitrogen and oxygen atoms in total. The average Bonchev–Trinajstić information content (AvgIpc) is 2.84. The highest BCUT2D eigenvalue weighted by atomic mass is 32.2. The molecule has 0 saturated heterocycles. The molecule has 0 bridgehead atoms. The summed E-state index contributed by atoms with van der Waals surface area (Å²) >= 11 is 1.84. The zero-order valence-corrected chi connectivity index (χ0v) is 19.9. The summed E-state index contributed by atoms with van der Waals surface area (Å²) in [5, 5.41) is 34.9. The predicted molar refractivity (Wildman–Crippen MR) is 136 cm³/mol. The summed E-state index contributed by atoms with van der Waals surface area (Å²) < 4.78 is 5.77. The smallest absolute Gasteiger partial charge is 0.121 e. The first-order chi connectivity index (χ1) is 16.2. The van der Waals surface area contributed by atoms with Crippen LogP contribution < -0.4 is 5.32 Å². The van der Waals surface area contributed by atoms with E-state index in [1.165, 1.54) is 21.7 Å². The van der Waals surface area contributed by atoms with Gasteiger partial charge in [-0.15, -0.1) is 11.8 Å². The van der Waals surface area contributed by atoms with Gasteiger partial charge in [0.2, 0.25) is 0 Å². The minimum Gasteiger partial charge on any atom is -0.508 e. The van der Waals surface area contributed by atoms with Crippen LogP contribution in [0.4, 0.5) is 0 Å². The molecule has 3 aromatic carbocycles. The van der Waals surface area contributed by atoms with Crippen LogP contribution in [0.15, 0.2) is 65.6 Å². The number of aliphatic hydroxyl groups excluding tert-OH is 2. The van der Waals surface area contributed by atoms with Crippen LogP contribution in [0.1, 0.15) is 42.9 Å². The highest BCUT2D eigenvalue weighted by Crippen LogP contribution is 2.24. The van der Waals surface area contributed by atoms with E-state index < -0.39 is 6.10 Å². The van der Waals surface area contributed by atoms with Crippen molar-refractivity contribution in [1.82, 2.24) is 5.32 Å². The van der Waals surface area contributed by atoms with Crippen LogP contribution in [-0.2, 0) is 11.3 Å². The Labute approximate surface area is 200 Å². The summed E-state index contributed by atoms with van der Waals surface area (Å²) in [6, 6.07) is 19.9. The molecule has 0 amide bonds. The molecule has 1 atom stereocenters. The van der Waals surface area contributed by atoms with Crippen LogP contribution in [0.25, 0.3) is 10.8 Å². The molecule has 3 aromatic rings. The molecule has 6 heteroatoms. The Balaban J connectivity index is 1.16. The zero-order chi connectivity index (χ0) is 23.3. The third-order valence-corrected chi connectivity index (χ3v) is 6.56. The Bertz CT molecular complexity index is 981. The Morgan fingerprint density at radius 1 is 0.879 bits per heavy atom. The number of hydrogen-bond donors (Lipinski definition) is 4. The van der Waals surface area contributed by atoms with Crippen molar-refractivity contribution in [2.45, 2.75) is 43.3 Å². The minimum atomic E-state index is -0.656. The summed E-state index contributed by atoms with van der Waals surface area (Å²) in [7, 11) is 0. The van der Waals surface area contributed by atoms with Crippen LogP contribution in [0, 0.1) is 0 Å². The van der Waals surface area contributed by atoms with Crippen molar-refractivity contribution >= 4 is 22.5 Å². The molecule has 0 fully saturated rings. The highest BCUT2D eigenvalue weighted by Gasteiger charge is 2.09. The molecule has 1 unspecified atom stereocenters. The largest absolute Gasteiger partial charge is 0.508 e. The number of hydrogen-bond acceptors (Lipinski definition) is 6. The Morgan fingerprint density at radius 2 is 1.70 bits per heavy atom. The van der Waals surface area contributed by atoms with E-state index in [9.17, 15) is 15.3 Å². The second kappa shape index (κ2) is 14.2. The second-order valence-corrected chi connectivity index (χ2v) is 9.32. The zero-order valence-electron chi connectivity index (χ0n) is 19.1. The molecule has 4 N–H and O–H groups in total. The number of ether oxygens (including phenoxy) is 1. The first kappa shape index (κ1) is 25.5. The maximum Gasteiger partial charge on any atom is 0.121 e. The van der Waals surface area contributed by atoms with E-state index in [1.54, 1.807) is 12.1 Å². The van der Waals surface area contributed by atoms with Crippen LogP contribution in [0.3, 0.4) is 0 Å². The number of phenols is 1. The number of unbranched alkanes of at least 4 members (excludes halogenated alkanes) is 3. The van der Waals surface area contributed by atoms with Crippen LogP contribution in [0.2, 0.25) is 0 Å². The third-order valence-electron chi connectivity index (χ3n) is 5.61. The maximum atomic E-state index is 10.3. The molecule has 0 saturated carbocycles. The molecule has 3 rings (SSSR count). The summed E-state index contributed by atoms with van der Waals surface area (Å²) in [5.74, 6) is 1.01. The molecule has 0 radical (unpaired) electrons. The first-order valence-corrected chi connectivity index (χ1v) is 12.7. The van der Waals surface area contributed by atoms with E-state index in [0.717, 1.165) is 51.2 Å². The van der Waals surface area contributed by atoms with Gasteiger partial charge in [0.05, 0.1) is 19.3 Å². The topological polar surface area (TPSA) is 82.0 Å². The van der Waals surface area contributed by atoms with Crippen molar-refractivity contribution in [3.8, 4) is 5.75 Å². The van der Waals surface area contributed by atoms with Gasteiger partial charge in [-0.3, -0.25) is 0 Å². The lowest BCUT2D eigenvalue weighted by molar-refractivity contribution is 0.145. The van der Waals surface area contributed by atoms with Crippen LogP contribution in [-0.4, -0.2) is 47.4 Å². The fraction of sp³-hybridized carbons (Fsp3) is 0.407. The maximum absolute atomic E-state index is 10.3. The standard InChI is InChI=1S/C27H35NO4S/c29-20-24-17-23(10-12-26(24)30)27(31)19-28-13-5-1-2-6-14-32-15-16-33-25-11-9-21-7-3-4-8-22(21)18-25/h3-4,7-12,17-18,27-31H,1-2,5-6,13-16,19-20H2. The number of aliphatic hydroxyl groups is 2. The summed E-state index contributed by atoms with van der Waals surface area (Å²) in [6.45, 7) is 2.64. The van der Waals surface area contributed by atoms with Gasteiger partial charge in [-0.25, -0.2) is 0 Å². The van der Waals surface area contributed by atoms with Crippen LogP contribution in [0.5, 0.6) is 5.75 Å². The first-order valence-electron chi connectivity index (χ1n) is 11.7. The molecule has 0 aliphatic heterocycles. The molecule has 178 valence electrons. The number of aromatic hydroxyl groups is 1. The quantitative estimate of drug-likeness (QED) is 0.185. The van der Waals surface area contributed by atoms with Gasteiger partial charge >= 0.3 is 0 Å². The van der Waals surface area contributed by atoms with Gasteiger partial charge in [-0.1, -0.05) is 49.2 Å². The molecule has 0 spiro atoms. The molecule has 0 aliphatic rings. The van der Waals surface area contributed by atoms with Gasteiger partial charge in [0, 0.05) is 29.4 Å². The van der Waals surface area contributed by atoms with E-state index in [1.807, 2.05) is 11.8 Å². The number of rotatable bonds is 15. The molecular formula is C27H35NO4S. The third kappa shape index (κ3) is 8.65. The van der Waals surface area contributed by atoms with Gasteiger partial charge in [0.15, 0.2) is 0 Å². The number of nitrogens with one attached hydrogen (secondary N) is 1. The number of thioether (sulfide) groups is 1. The molecular weight excluding hydrogens is 434 g/mol. The van der Waals surface area contributed by atoms with Gasteiger partial charge < -0.3 is 25.4 Å². The van der Waals surface area contributed by atoms with Crippen LogP contribution >= 0.6 is 11.8 Å². The number of benzene rings is 3. The lowest BCUT2D eigenvalue weighted by atomic mass is 10.1. The monoisotopic (exact) mass is 469 g/mol. The van der Waals surface area contributed by atoms with E-state index in [2.05, 4.69) is 47.8 Å². The van der Waals surface area contributed by atoms with Crippen molar-refractivity contribution < 1.29 is 20.1 Å². The second-order valence-electron chi connectivity index (χ2n) is 8.15. The van der Waals surface area contributed by atoms with Gasteiger partial charge in [-0.2, -0.15) is 0 Å². The van der Waals surface area contributed by atoms with Crippen molar-refractivity contribution in [3.05, 3.63) is 71.8 Å². The van der Waals surface area contributed by atoms with E-state index in [0.29, 0.717) is 17.7 Å². The van der Waals surface area contributed by atoms with E-state index in [4.69, 9.17) is 4.74 Å². The fourth-order valence-electron chi connectivity index (χ4n) is 3.68. The molecule has 0 heterocycles. The van der Waals surface area contributed by atoms with Gasteiger partial charge in [-0.05, 0) is 60.0 Å². The lowest BCUT2D eigenvalue weighted by Gasteiger charge is -2.14. The Morgan fingerprint density at radius 3 is 2.55 bits per heavy atom. The molecule has 0 aromatic heterocycles. The highest BCUT2D eigenvalue weighted by molar-refractivity contribution is 7.99. The van der Waals surface area contributed by atoms with E-state index >= 15 is 0 Å². The van der Waals surface area contributed by atoms with Gasteiger partial charge in [0.1, 0.15) is 5.75 Å². The fourth-order valence-corrected chi connectivity index (χ4v) is 4.49. The van der Waals surface area contributed by atoms with E-state index in [-0.39, 0.29) is 12.4 Å². The SMILES string of the molecule is OCc1cc(C(O)CNCCCCCCOCCSc2ccc3ccccc3c2)ccc1O. The normalized spacial score (nSPS) is 12.3. The predicted octanol–water partition coefficient (Wildman–Crippen LogP) is 5.03. The Kier molecular flexibility index (Phi) is 11.0. The molecule has 0 aliphatic carbocycles. The summed E-state index contributed by atoms with van der Waals surface area (Å²) in [4.78, 5) is 1.29. The van der Waals surface area contributed by atoms with Crippen molar-refractivity contribution in [2.24, 2.45) is 0 Å². The minimum absolute atomic E-state index is 0.0501. The van der Waals surface area contributed by atoms with Crippen molar-refractivity contribution in [2.75, 3.05) is 32.1 Å². The number of fused-ring (bicyclic) bond motifs is 1. The summed E-state index contributed by atoms with van der Waals surface area (Å²) in [5.41, 5.74) is 1.13. The average molecular weight is 470 g/mol. The van der Waals surface area contributed by atoms with Crippen molar-refractivity contribution in [3.63, 3.8) is 0 Å². The molecule has 33 heavy (non-hydrogen) atoms. The lowest BCUT2D eigenvalue weighted by Crippen LogP contribution is -2.22. The summed E-state index contributed by atoms with van der Waals surface area (Å²) in [6.07, 6.45) is 3.74. The van der Waals surface area contributed by atoms with Gasteiger partial charge in [0.25, 0.3) is 0 Å².